The van der Waals surface area contributed by atoms with Crippen LogP contribution in [-0.4, -0.2) is 36.0 Å². The highest BCUT2D eigenvalue weighted by molar-refractivity contribution is 5.96. The summed E-state index contributed by atoms with van der Waals surface area (Å²) in [7, 11) is 0. The second-order valence-electron chi connectivity index (χ2n) is 6.58. The third kappa shape index (κ3) is 3.29. The van der Waals surface area contributed by atoms with Gasteiger partial charge in [-0.15, -0.1) is 0 Å². The molecule has 1 unspecified atom stereocenters. The molecule has 1 aromatic rings. The van der Waals surface area contributed by atoms with Crippen LogP contribution in [0.1, 0.15) is 53.6 Å². The molecule has 1 aliphatic heterocycles. The van der Waals surface area contributed by atoms with Crippen molar-refractivity contribution < 1.29 is 4.79 Å². The Labute approximate surface area is 127 Å². The van der Waals surface area contributed by atoms with Crippen LogP contribution in [-0.2, 0) is 0 Å². The van der Waals surface area contributed by atoms with Crippen molar-refractivity contribution in [3.8, 4) is 0 Å². The van der Waals surface area contributed by atoms with E-state index in [4.69, 9.17) is 0 Å². The molecule has 1 saturated carbocycles. The van der Waals surface area contributed by atoms with Gasteiger partial charge in [0.25, 0.3) is 5.91 Å². The average Bonchev–Trinajstić information content (AvgIpc) is 3.33. The van der Waals surface area contributed by atoms with Gasteiger partial charge in [0.05, 0.1) is 0 Å². The van der Waals surface area contributed by atoms with E-state index in [0.29, 0.717) is 12.1 Å². The number of piperidine rings is 1. The summed E-state index contributed by atoms with van der Waals surface area (Å²) in [5.74, 6) is 0.228. The molecular weight excluding hydrogens is 260 g/mol. The normalized spacial score (nSPS) is 22.1. The van der Waals surface area contributed by atoms with Gasteiger partial charge in [0, 0.05) is 24.2 Å². The Morgan fingerprint density at radius 3 is 2.71 bits per heavy atom. The summed E-state index contributed by atoms with van der Waals surface area (Å²) in [6.45, 7) is 6.11. The fourth-order valence-electron chi connectivity index (χ4n) is 3.24. The lowest BCUT2D eigenvalue weighted by Crippen LogP contribution is -2.46. The quantitative estimate of drug-likeness (QED) is 0.922. The van der Waals surface area contributed by atoms with E-state index in [-0.39, 0.29) is 5.91 Å². The first-order valence-corrected chi connectivity index (χ1v) is 8.27. The highest BCUT2D eigenvalue weighted by atomic mass is 16.2. The van der Waals surface area contributed by atoms with Crippen LogP contribution in [0, 0.1) is 13.8 Å². The third-order valence-corrected chi connectivity index (χ3v) is 4.91. The molecule has 0 spiro atoms. The maximum absolute atomic E-state index is 13.0. The van der Waals surface area contributed by atoms with E-state index in [0.717, 1.165) is 24.2 Å². The molecule has 1 atom stereocenters. The number of nitrogens with zero attached hydrogens (tertiary/aromatic N) is 1. The van der Waals surface area contributed by atoms with E-state index in [9.17, 15) is 4.79 Å². The third-order valence-electron chi connectivity index (χ3n) is 4.91. The van der Waals surface area contributed by atoms with E-state index in [1.807, 2.05) is 12.1 Å². The van der Waals surface area contributed by atoms with E-state index in [1.54, 1.807) is 0 Å². The first-order valence-electron chi connectivity index (χ1n) is 8.27. The molecule has 21 heavy (non-hydrogen) atoms. The molecular formula is C18H26N2O. The molecule has 2 fully saturated rings. The van der Waals surface area contributed by atoms with Gasteiger partial charge >= 0.3 is 0 Å². The summed E-state index contributed by atoms with van der Waals surface area (Å²) in [5.41, 5.74) is 3.22. The Morgan fingerprint density at radius 2 is 2.05 bits per heavy atom. The Kier molecular flexibility index (Phi) is 4.29. The predicted octanol–water partition coefficient (Wildman–Crippen LogP) is 3.05. The van der Waals surface area contributed by atoms with Crippen molar-refractivity contribution in [2.75, 3.05) is 13.1 Å². The van der Waals surface area contributed by atoms with E-state index in [2.05, 4.69) is 30.1 Å². The number of benzene rings is 1. The first kappa shape index (κ1) is 14.6. The van der Waals surface area contributed by atoms with Crippen molar-refractivity contribution in [2.24, 2.45) is 0 Å². The van der Waals surface area contributed by atoms with Crippen LogP contribution >= 0.6 is 0 Å². The molecule has 1 saturated heterocycles. The lowest BCUT2D eigenvalue weighted by Gasteiger charge is -2.31. The Morgan fingerprint density at radius 1 is 1.24 bits per heavy atom. The van der Waals surface area contributed by atoms with Crippen LogP contribution in [0.25, 0.3) is 0 Å². The van der Waals surface area contributed by atoms with Crippen LogP contribution in [0.2, 0.25) is 0 Å². The summed E-state index contributed by atoms with van der Waals surface area (Å²) in [6, 6.07) is 7.01. The van der Waals surface area contributed by atoms with Gasteiger partial charge in [0.2, 0.25) is 0 Å². The molecule has 3 heteroatoms. The summed E-state index contributed by atoms with van der Waals surface area (Å²) in [6.07, 6.45) is 6.09. The molecule has 1 aliphatic carbocycles. The number of amides is 1. The van der Waals surface area contributed by atoms with E-state index >= 15 is 0 Å². The highest BCUT2D eigenvalue weighted by Crippen LogP contribution is 2.30. The predicted molar refractivity (Wildman–Crippen MR) is 85.6 cm³/mol. The van der Waals surface area contributed by atoms with Crippen molar-refractivity contribution in [1.29, 1.82) is 0 Å². The second kappa shape index (κ2) is 6.18. The molecule has 1 heterocycles. The molecule has 1 aromatic carbocycles. The molecule has 0 bridgehead atoms. The van der Waals surface area contributed by atoms with Gasteiger partial charge in [-0.05, 0) is 63.3 Å². The number of nitrogens with one attached hydrogen (secondary N) is 1. The maximum atomic E-state index is 13.0. The summed E-state index contributed by atoms with van der Waals surface area (Å²) in [4.78, 5) is 15.1. The fraction of sp³-hybridized carbons (Fsp3) is 0.611. The Bertz CT molecular complexity index is 516. The van der Waals surface area contributed by atoms with E-state index in [1.165, 1.54) is 37.7 Å². The molecule has 0 aromatic heterocycles. The van der Waals surface area contributed by atoms with Crippen LogP contribution in [0.3, 0.4) is 0 Å². The lowest BCUT2D eigenvalue weighted by molar-refractivity contribution is 0.0717. The van der Waals surface area contributed by atoms with Crippen molar-refractivity contribution in [2.45, 2.75) is 58.0 Å². The van der Waals surface area contributed by atoms with Gasteiger partial charge in [-0.25, -0.2) is 0 Å². The number of hydrogen-bond acceptors (Lipinski definition) is 2. The minimum absolute atomic E-state index is 0.228. The SMILES string of the molecule is Cc1cccc(C(=O)N(CC2CCCCN2)C2CC2)c1C. The number of carbonyl (C=O) groups is 1. The average molecular weight is 286 g/mol. The monoisotopic (exact) mass is 286 g/mol. The Balaban J connectivity index is 1.76. The molecule has 2 aliphatic rings. The second-order valence-corrected chi connectivity index (χ2v) is 6.58. The zero-order chi connectivity index (χ0) is 14.8. The molecule has 114 valence electrons. The molecule has 3 rings (SSSR count). The van der Waals surface area contributed by atoms with Crippen molar-refractivity contribution in [3.63, 3.8) is 0 Å². The summed E-state index contributed by atoms with van der Waals surface area (Å²) in [5, 5.41) is 3.57. The van der Waals surface area contributed by atoms with Crippen LogP contribution < -0.4 is 5.32 Å². The van der Waals surface area contributed by atoms with Crippen molar-refractivity contribution in [1.82, 2.24) is 10.2 Å². The molecule has 0 radical (unpaired) electrons. The van der Waals surface area contributed by atoms with Gasteiger partial charge in [-0.3, -0.25) is 4.79 Å². The van der Waals surface area contributed by atoms with Gasteiger partial charge in [0.15, 0.2) is 0 Å². The smallest absolute Gasteiger partial charge is 0.254 e. The van der Waals surface area contributed by atoms with Gasteiger partial charge < -0.3 is 10.2 Å². The van der Waals surface area contributed by atoms with Gasteiger partial charge in [-0.2, -0.15) is 0 Å². The summed E-state index contributed by atoms with van der Waals surface area (Å²) < 4.78 is 0. The zero-order valence-electron chi connectivity index (χ0n) is 13.2. The standard InChI is InChI=1S/C18H26N2O/c1-13-6-5-8-17(14(13)2)18(21)20(16-9-10-16)12-15-7-3-4-11-19-15/h5-6,8,15-16,19H,3-4,7,9-12H2,1-2H3. The minimum atomic E-state index is 0.228. The Hall–Kier alpha value is -1.35. The highest BCUT2D eigenvalue weighted by Gasteiger charge is 2.35. The topological polar surface area (TPSA) is 32.3 Å². The molecule has 1 amide bonds. The molecule has 1 N–H and O–H groups in total. The van der Waals surface area contributed by atoms with Crippen molar-refractivity contribution in [3.05, 3.63) is 34.9 Å². The van der Waals surface area contributed by atoms with Crippen LogP contribution in [0.15, 0.2) is 18.2 Å². The summed E-state index contributed by atoms with van der Waals surface area (Å²) >= 11 is 0. The van der Waals surface area contributed by atoms with Gasteiger partial charge in [0.1, 0.15) is 0 Å². The number of hydrogen-bond donors (Lipinski definition) is 1. The minimum Gasteiger partial charge on any atom is -0.334 e. The van der Waals surface area contributed by atoms with Crippen molar-refractivity contribution >= 4 is 5.91 Å². The number of carbonyl (C=O) groups excluding carboxylic acids is 1. The number of rotatable bonds is 4. The zero-order valence-corrected chi connectivity index (χ0v) is 13.2. The largest absolute Gasteiger partial charge is 0.334 e. The molecule has 3 nitrogen and oxygen atoms in total. The van der Waals surface area contributed by atoms with Gasteiger partial charge in [-0.1, -0.05) is 18.6 Å². The first-order chi connectivity index (χ1) is 10.2. The fourth-order valence-corrected chi connectivity index (χ4v) is 3.24. The lowest BCUT2D eigenvalue weighted by atomic mass is 10.0. The van der Waals surface area contributed by atoms with E-state index < -0.39 is 0 Å². The van der Waals surface area contributed by atoms with Crippen LogP contribution in [0.4, 0.5) is 0 Å². The number of aryl methyl sites for hydroxylation is 1. The van der Waals surface area contributed by atoms with Crippen LogP contribution in [0.5, 0.6) is 0 Å². The maximum Gasteiger partial charge on any atom is 0.254 e.